The lowest BCUT2D eigenvalue weighted by Crippen LogP contribution is -2.04. The second-order valence-corrected chi connectivity index (χ2v) is 4.34. The molecule has 6 nitrogen and oxygen atoms in total. The van der Waals surface area contributed by atoms with Crippen molar-refractivity contribution in [3.05, 3.63) is 23.3 Å². The van der Waals surface area contributed by atoms with E-state index in [4.69, 9.17) is 4.74 Å². The van der Waals surface area contributed by atoms with Crippen LogP contribution in [0.5, 0.6) is 11.5 Å². The molecule has 6 heteroatoms. The number of hydrazone groups is 2. The molecule has 0 heterocycles. The molecule has 0 atom stereocenters. The Morgan fingerprint density at radius 3 is 2.16 bits per heavy atom. The molecular weight excluding hydrogens is 244 g/mol. The van der Waals surface area contributed by atoms with Gasteiger partial charge in [0.25, 0.3) is 0 Å². The number of benzene rings is 1. The molecule has 0 aromatic heterocycles. The maximum absolute atomic E-state index is 10.0. The van der Waals surface area contributed by atoms with Gasteiger partial charge in [0.15, 0.2) is 11.5 Å². The molecule has 1 N–H and O–H groups in total. The van der Waals surface area contributed by atoms with Gasteiger partial charge in [-0.3, -0.25) is 0 Å². The number of phenols is 1. The van der Waals surface area contributed by atoms with E-state index in [1.807, 2.05) is 28.2 Å². The standard InChI is InChI=1S/C13H20N4O2/c1-16(2)14-8-10-6-11(9-15-17(3)4)13(18)12(7-10)19-5/h6-9,18H,1-5H3/b14-8?,15-9+. The summed E-state index contributed by atoms with van der Waals surface area (Å²) in [6.07, 6.45) is 3.26. The fraction of sp³-hybridized carbons (Fsp3) is 0.385. The topological polar surface area (TPSA) is 60.7 Å². The van der Waals surface area contributed by atoms with Gasteiger partial charge in [0.1, 0.15) is 0 Å². The minimum Gasteiger partial charge on any atom is -0.504 e. The monoisotopic (exact) mass is 264 g/mol. The molecule has 1 aromatic carbocycles. The average Bonchev–Trinajstić information content (AvgIpc) is 2.35. The smallest absolute Gasteiger partial charge is 0.166 e. The Balaban J connectivity index is 3.18. The van der Waals surface area contributed by atoms with E-state index in [2.05, 4.69) is 10.2 Å². The zero-order chi connectivity index (χ0) is 14.4. The van der Waals surface area contributed by atoms with Crippen LogP contribution in [0.4, 0.5) is 0 Å². The van der Waals surface area contributed by atoms with Gasteiger partial charge in [0, 0.05) is 33.8 Å². The number of ether oxygens (including phenoxy) is 1. The lowest BCUT2D eigenvalue weighted by atomic mass is 10.1. The third-order valence-electron chi connectivity index (χ3n) is 2.21. The van der Waals surface area contributed by atoms with Gasteiger partial charge in [0.2, 0.25) is 0 Å². The molecule has 0 spiro atoms. The van der Waals surface area contributed by atoms with Gasteiger partial charge in [-0.1, -0.05) is 0 Å². The molecule has 0 aliphatic heterocycles. The molecular formula is C13H20N4O2. The van der Waals surface area contributed by atoms with Crippen LogP contribution in [0.2, 0.25) is 0 Å². The van der Waals surface area contributed by atoms with Crippen molar-refractivity contribution in [3.8, 4) is 11.5 Å². The summed E-state index contributed by atoms with van der Waals surface area (Å²) in [4.78, 5) is 0. The molecule has 0 saturated heterocycles. The summed E-state index contributed by atoms with van der Waals surface area (Å²) in [6.45, 7) is 0. The van der Waals surface area contributed by atoms with Crippen LogP contribution in [0, 0.1) is 0 Å². The fourth-order valence-electron chi connectivity index (χ4n) is 1.34. The Bertz CT molecular complexity index is 482. The Morgan fingerprint density at radius 1 is 1.05 bits per heavy atom. The van der Waals surface area contributed by atoms with Crippen LogP contribution >= 0.6 is 0 Å². The van der Waals surface area contributed by atoms with Crippen LogP contribution in [-0.4, -0.2) is 62.9 Å². The molecule has 0 amide bonds. The van der Waals surface area contributed by atoms with Crippen molar-refractivity contribution in [1.29, 1.82) is 0 Å². The first kappa shape index (κ1) is 14.8. The van der Waals surface area contributed by atoms with Crippen LogP contribution < -0.4 is 4.74 Å². The molecule has 1 aromatic rings. The number of methoxy groups -OCH3 is 1. The highest BCUT2D eigenvalue weighted by Crippen LogP contribution is 2.30. The molecule has 104 valence electrons. The van der Waals surface area contributed by atoms with E-state index in [0.29, 0.717) is 11.3 Å². The first-order valence-electron chi connectivity index (χ1n) is 5.77. The SMILES string of the molecule is COc1cc(C=NN(C)C)cc(/C=N/N(C)C)c1O. The predicted molar refractivity (Wildman–Crippen MR) is 77.2 cm³/mol. The molecule has 19 heavy (non-hydrogen) atoms. The molecule has 1 rings (SSSR count). The van der Waals surface area contributed by atoms with E-state index in [1.54, 1.807) is 34.6 Å². The van der Waals surface area contributed by atoms with E-state index in [1.165, 1.54) is 7.11 Å². The molecule has 0 aliphatic carbocycles. The lowest BCUT2D eigenvalue weighted by molar-refractivity contribution is 0.373. The maximum Gasteiger partial charge on any atom is 0.166 e. The summed E-state index contributed by atoms with van der Waals surface area (Å²) in [7, 11) is 8.80. The summed E-state index contributed by atoms with van der Waals surface area (Å²) >= 11 is 0. The van der Waals surface area contributed by atoms with Crippen LogP contribution in [0.1, 0.15) is 11.1 Å². The number of phenolic OH excluding ortho intramolecular Hbond substituents is 1. The molecule has 0 saturated carbocycles. The van der Waals surface area contributed by atoms with Gasteiger partial charge in [0.05, 0.1) is 19.5 Å². The average molecular weight is 264 g/mol. The van der Waals surface area contributed by atoms with Crippen molar-refractivity contribution in [2.24, 2.45) is 10.2 Å². The van der Waals surface area contributed by atoms with Crippen molar-refractivity contribution in [2.75, 3.05) is 35.3 Å². The van der Waals surface area contributed by atoms with Gasteiger partial charge >= 0.3 is 0 Å². The quantitative estimate of drug-likeness (QED) is 0.641. The van der Waals surface area contributed by atoms with E-state index in [0.717, 1.165) is 5.56 Å². The van der Waals surface area contributed by atoms with Gasteiger partial charge in [-0.05, 0) is 17.7 Å². The number of nitrogens with zero attached hydrogens (tertiary/aromatic N) is 4. The summed E-state index contributed by atoms with van der Waals surface area (Å²) in [5.41, 5.74) is 1.40. The summed E-state index contributed by atoms with van der Waals surface area (Å²) < 4.78 is 5.14. The predicted octanol–water partition coefficient (Wildman–Crippen LogP) is 1.19. The van der Waals surface area contributed by atoms with Crippen LogP contribution in [-0.2, 0) is 0 Å². The second kappa shape index (κ2) is 6.63. The highest BCUT2D eigenvalue weighted by molar-refractivity contribution is 5.90. The van der Waals surface area contributed by atoms with Gasteiger partial charge in [-0.25, -0.2) is 0 Å². The maximum atomic E-state index is 10.0. The normalized spacial score (nSPS) is 11.2. The summed E-state index contributed by atoms with van der Waals surface area (Å²) in [5, 5.41) is 21.6. The van der Waals surface area contributed by atoms with E-state index < -0.39 is 0 Å². The largest absolute Gasteiger partial charge is 0.504 e. The second-order valence-electron chi connectivity index (χ2n) is 4.34. The van der Waals surface area contributed by atoms with E-state index in [9.17, 15) is 5.11 Å². The van der Waals surface area contributed by atoms with Crippen molar-refractivity contribution in [2.45, 2.75) is 0 Å². The van der Waals surface area contributed by atoms with Crippen molar-refractivity contribution in [3.63, 3.8) is 0 Å². The van der Waals surface area contributed by atoms with E-state index in [-0.39, 0.29) is 5.75 Å². The highest BCUT2D eigenvalue weighted by Gasteiger charge is 2.08. The van der Waals surface area contributed by atoms with Crippen LogP contribution in [0.25, 0.3) is 0 Å². The Morgan fingerprint density at radius 2 is 1.63 bits per heavy atom. The molecule has 0 aliphatic rings. The first-order valence-corrected chi connectivity index (χ1v) is 5.77. The number of hydrogen-bond acceptors (Lipinski definition) is 6. The van der Waals surface area contributed by atoms with Crippen molar-refractivity contribution in [1.82, 2.24) is 10.0 Å². The van der Waals surface area contributed by atoms with Crippen LogP contribution in [0.3, 0.4) is 0 Å². The van der Waals surface area contributed by atoms with Gasteiger partial charge in [-0.15, -0.1) is 0 Å². The van der Waals surface area contributed by atoms with Gasteiger partial charge in [-0.2, -0.15) is 10.2 Å². The number of hydrogen-bond donors (Lipinski definition) is 1. The summed E-state index contributed by atoms with van der Waals surface area (Å²) in [6, 6.07) is 3.51. The zero-order valence-electron chi connectivity index (χ0n) is 12.0. The minimum absolute atomic E-state index is 0.0649. The molecule has 0 radical (unpaired) electrons. The minimum atomic E-state index is 0.0649. The first-order chi connectivity index (χ1) is 8.93. The van der Waals surface area contributed by atoms with Crippen molar-refractivity contribution < 1.29 is 9.84 Å². The van der Waals surface area contributed by atoms with Gasteiger partial charge < -0.3 is 19.9 Å². The fourth-order valence-corrected chi connectivity index (χ4v) is 1.34. The lowest BCUT2D eigenvalue weighted by Gasteiger charge is -2.09. The Kier molecular flexibility index (Phi) is 5.17. The zero-order valence-corrected chi connectivity index (χ0v) is 12.0. The number of rotatable bonds is 5. The highest BCUT2D eigenvalue weighted by atomic mass is 16.5. The van der Waals surface area contributed by atoms with Crippen LogP contribution in [0.15, 0.2) is 22.3 Å². The van der Waals surface area contributed by atoms with Crippen molar-refractivity contribution >= 4 is 12.4 Å². The number of aromatic hydroxyl groups is 1. The Labute approximate surface area is 113 Å². The third-order valence-corrected chi connectivity index (χ3v) is 2.21. The Hall–Kier alpha value is -2.24. The molecule has 0 fully saturated rings. The summed E-state index contributed by atoms with van der Waals surface area (Å²) in [5.74, 6) is 0.456. The molecule has 0 bridgehead atoms. The third kappa shape index (κ3) is 4.50. The molecule has 0 unspecified atom stereocenters. The van der Waals surface area contributed by atoms with E-state index >= 15 is 0 Å².